The molecule has 6 heteroatoms. The van der Waals surface area contributed by atoms with Crippen LogP contribution in [0.25, 0.3) is 0 Å². The van der Waals surface area contributed by atoms with Crippen molar-refractivity contribution in [3.05, 3.63) is 0 Å². The smallest absolute Gasteiger partial charge is 0.237 e. The van der Waals surface area contributed by atoms with Crippen LogP contribution in [0, 0.1) is 11.8 Å². The number of nitrogens with zero attached hydrogens (tertiary/aromatic N) is 3. The zero-order chi connectivity index (χ0) is 19.9. The standard InChI is InChI=1S/C22H40N4O2/c1-3-24(4-2)13-12-23-21(27)20(18-8-5-6-9-18)25-14-16-26(17-15-25)22(28)19-10-7-11-19/h18-20H,3-17H2,1-2H3,(H,23,27). The molecule has 0 radical (unpaired) electrons. The van der Waals surface area contributed by atoms with Crippen LogP contribution in [-0.2, 0) is 9.59 Å². The summed E-state index contributed by atoms with van der Waals surface area (Å²) < 4.78 is 0. The number of hydrogen-bond acceptors (Lipinski definition) is 4. The molecule has 0 bridgehead atoms. The Labute approximate surface area is 171 Å². The Hall–Kier alpha value is -1.14. The van der Waals surface area contributed by atoms with Gasteiger partial charge in [0.1, 0.15) is 0 Å². The van der Waals surface area contributed by atoms with Crippen LogP contribution in [0.5, 0.6) is 0 Å². The van der Waals surface area contributed by atoms with Gasteiger partial charge in [0, 0.05) is 45.2 Å². The van der Waals surface area contributed by atoms with Gasteiger partial charge in [0.25, 0.3) is 0 Å². The number of piperazine rings is 1. The first-order valence-corrected chi connectivity index (χ1v) is 11.7. The maximum absolute atomic E-state index is 13.1. The van der Waals surface area contributed by atoms with E-state index >= 15 is 0 Å². The SMILES string of the molecule is CCN(CC)CCNC(=O)C(C1CCCC1)N1CCN(C(=O)C2CCC2)CC1. The van der Waals surface area contributed by atoms with Gasteiger partial charge in [-0.2, -0.15) is 0 Å². The molecule has 0 aromatic carbocycles. The summed E-state index contributed by atoms with van der Waals surface area (Å²) in [6, 6.07) is -0.0137. The highest BCUT2D eigenvalue weighted by Gasteiger charge is 2.38. The minimum absolute atomic E-state index is 0.0137. The topological polar surface area (TPSA) is 55.9 Å². The first-order chi connectivity index (χ1) is 13.6. The van der Waals surface area contributed by atoms with Crippen molar-refractivity contribution < 1.29 is 9.59 Å². The molecule has 160 valence electrons. The molecule has 0 spiro atoms. The molecular weight excluding hydrogens is 352 g/mol. The van der Waals surface area contributed by atoms with E-state index in [-0.39, 0.29) is 17.9 Å². The van der Waals surface area contributed by atoms with E-state index in [0.29, 0.717) is 11.8 Å². The summed E-state index contributed by atoms with van der Waals surface area (Å²) in [4.78, 5) is 32.4. The number of rotatable bonds is 9. The van der Waals surface area contributed by atoms with Gasteiger partial charge in [-0.1, -0.05) is 33.1 Å². The summed E-state index contributed by atoms with van der Waals surface area (Å²) in [6.45, 7) is 11.3. The van der Waals surface area contributed by atoms with Gasteiger partial charge in [-0.25, -0.2) is 0 Å². The highest BCUT2D eigenvalue weighted by atomic mass is 16.2. The first kappa shape index (κ1) is 21.6. The van der Waals surface area contributed by atoms with Crippen LogP contribution < -0.4 is 5.32 Å². The summed E-state index contributed by atoms with van der Waals surface area (Å²) in [5.74, 6) is 1.31. The molecule has 6 nitrogen and oxygen atoms in total. The fraction of sp³-hybridized carbons (Fsp3) is 0.909. The summed E-state index contributed by atoms with van der Waals surface area (Å²) in [5, 5.41) is 3.22. The highest BCUT2D eigenvalue weighted by molar-refractivity contribution is 5.82. The van der Waals surface area contributed by atoms with Crippen molar-refractivity contribution in [3.63, 3.8) is 0 Å². The van der Waals surface area contributed by atoms with Crippen molar-refractivity contribution in [1.82, 2.24) is 20.0 Å². The number of hydrogen-bond donors (Lipinski definition) is 1. The number of carbonyl (C=O) groups excluding carboxylic acids is 2. The fourth-order valence-electron chi connectivity index (χ4n) is 5.07. The van der Waals surface area contributed by atoms with E-state index < -0.39 is 0 Å². The Bertz CT molecular complexity index is 505. The molecule has 1 unspecified atom stereocenters. The molecule has 3 fully saturated rings. The van der Waals surface area contributed by atoms with Gasteiger partial charge in [-0.05, 0) is 44.7 Å². The molecular formula is C22H40N4O2. The van der Waals surface area contributed by atoms with Gasteiger partial charge >= 0.3 is 0 Å². The number of amides is 2. The highest BCUT2D eigenvalue weighted by Crippen LogP contribution is 2.32. The van der Waals surface area contributed by atoms with E-state index in [0.717, 1.165) is 78.0 Å². The molecule has 3 aliphatic rings. The fourth-order valence-corrected chi connectivity index (χ4v) is 5.07. The molecule has 1 aliphatic heterocycles. The van der Waals surface area contributed by atoms with Gasteiger partial charge in [0.15, 0.2) is 0 Å². The Balaban J connectivity index is 1.53. The molecule has 28 heavy (non-hydrogen) atoms. The normalized spacial score (nSPS) is 23.0. The monoisotopic (exact) mass is 392 g/mol. The van der Waals surface area contributed by atoms with Gasteiger partial charge in [-0.15, -0.1) is 0 Å². The number of nitrogens with one attached hydrogen (secondary N) is 1. The Morgan fingerprint density at radius 2 is 1.61 bits per heavy atom. The molecule has 2 amide bonds. The second-order valence-corrected chi connectivity index (χ2v) is 8.80. The van der Waals surface area contributed by atoms with Crippen LogP contribution in [0.1, 0.15) is 58.8 Å². The third-order valence-electron chi connectivity index (χ3n) is 7.21. The van der Waals surface area contributed by atoms with Crippen molar-refractivity contribution in [3.8, 4) is 0 Å². The average molecular weight is 393 g/mol. The molecule has 1 N–H and O–H groups in total. The van der Waals surface area contributed by atoms with Crippen molar-refractivity contribution in [2.45, 2.75) is 64.8 Å². The van der Waals surface area contributed by atoms with Gasteiger partial charge < -0.3 is 15.1 Å². The van der Waals surface area contributed by atoms with Crippen molar-refractivity contribution in [2.24, 2.45) is 11.8 Å². The molecule has 1 atom stereocenters. The third kappa shape index (κ3) is 5.26. The second-order valence-electron chi connectivity index (χ2n) is 8.80. The van der Waals surface area contributed by atoms with E-state index in [9.17, 15) is 9.59 Å². The molecule has 1 heterocycles. The zero-order valence-electron chi connectivity index (χ0n) is 18.0. The summed E-state index contributed by atoms with van der Waals surface area (Å²) in [7, 11) is 0. The van der Waals surface area contributed by atoms with E-state index in [1.807, 2.05) is 4.90 Å². The lowest BCUT2D eigenvalue weighted by Gasteiger charge is -2.42. The van der Waals surface area contributed by atoms with Gasteiger partial charge in [0.05, 0.1) is 6.04 Å². The third-order valence-corrected chi connectivity index (χ3v) is 7.21. The number of carbonyl (C=O) groups is 2. The van der Waals surface area contributed by atoms with E-state index in [4.69, 9.17) is 0 Å². The molecule has 1 saturated heterocycles. The van der Waals surface area contributed by atoms with Crippen molar-refractivity contribution >= 4 is 11.8 Å². The molecule has 3 rings (SSSR count). The van der Waals surface area contributed by atoms with Crippen LogP contribution in [0.15, 0.2) is 0 Å². The zero-order valence-corrected chi connectivity index (χ0v) is 18.0. The van der Waals surface area contributed by atoms with Crippen molar-refractivity contribution in [2.75, 3.05) is 52.4 Å². The largest absolute Gasteiger partial charge is 0.353 e. The lowest BCUT2D eigenvalue weighted by molar-refractivity contribution is -0.141. The summed E-state index contributed by atoms with van der Waals surface area (Å²) in [6.07, 6.45) is 8.15. The van der Waals surface area contributed by atoms with E-state index in [1.165, 1.54) is 19.3 Å². The predicted molar refractivity (Wildman–Crippen MR) is 112 cm³/mol. The Morgan fingerprint density at radius 3 is 2.14 bits per heavy atom. The minimum Gasteiger partial charge on any atom is -0.353 e. The lowest BCUT2D eigenvalue weighted by atomic mass is 9.84. The van der Waals surface area contributed by atoms with Crippen LogP contribution in [0.2, 0.25) is 0 Å². The molecule has 2 saturated carbocycles. The lowest BCUT2D eigenvalue weighted by Crippen LogP contribution is -2.59. The number of likely N-dealkylation sites (N-methyl/N-ethyl adjacent to an activating group) is 1. The second kappa shape index (κ2) is 10.6. The van der Waals surface area contributed by atoms with Crippen LogP contribution in [-0.4, -0.2) is 84.9 Å². The first-order valence-electron chi connectivity index (χ1n) is 11.7. The maximum Gasteiger partial charge on any atom is 0.237 e. The van der Waals surface area contributed by atoms with Crippen LogP contribution >= 0.6 is 0 Å². The van der Waals surface area contributed by atoms with Crippen LogP contribution in [0.4, 0.5) is 0 Å². The Morgan fingerprint density at radius 1 is 0.964 bits per heavy atom. The average Bonchev–Trinajstić information content (AvgIpc) is 3.19. The quantitative estimate of drug-likeness (QED) is 0.652. The van der Waals surface area contributed by atoms with Crippen LogP contribution in [0.3, 0.4) is 0 Å². The predicted octanol–water partition coefficient (Wildman–Crippen LogP) is 1.95. The van der Waals surface area contributed by atoms with Gasteiger partial charge in [0.2, 0.25) is 11.8 Å². The summed E-state index contributed by atoms with van der Waals surface area (Å²) in [5.41, 5.74) is 0. The molecule has 2 aliphatic carbocycles. The van der Waals surface area contributed by atoms with E-state index in [2.05, 4.69) is 29.0 Å². The molecule has 0 aromatic heterocycles. The maximum atomic E-state index is 13.1. The molecule has 0 aromatic rings. The Kier molecular flexibility index (Phi) is 8.15. The van der Waals surface area contributed by atoms with E-state index in [1.54, 1.807) is 0 Å². The summed E-state index contributed by atoms with van der Waals surface area (Å²) >= 11 is 0. The van der Waals surface area contributed by atoms with Gasteiger partial charge in [-0.3, -0.25) is 14.5 Å². The van der Waals surface area contributed by atoms with Crippen molar-refractivity contribution in [1.29, 1.82) is 0 Å². The minimum atomic E-state index is -0.0137.